The average Bonchev–Trinajstić information content (AvgIpc) is 2.90. The highest BCUT2D eigenvalue weighted by Crippen LogP contribution is 2.39. The first kappa shape index (κ1) is 24.4. The van der Waals surface area contributed by atoms with E-state index in [1.807, 2.05) is 12.1 Å². The summed E-state index contributed by atoms with van der Waals surface area (Å²) in [5.74, 6) is 1.23. The van der Waals surface area contributed by atoms with E-state index in [1.165, 1.54) is 7.11 Å². The van der Waals surface area contributed by atoms with Crippen LogP contribution in [0.4, 0.5) is 0 Å². The number of esters is 1. The van der Waals surface area contributed by atoms with Crippen molar-refractivity contribution >= 4 is 23.5 Å². The van der Waals surface area contributed by atoms with Crippen LogP contribution in [0.3, 0.4) is 0 Å². The number of fused-ring (bicyclic) bond motifs is 1. The smallest absolute Gasteiger partial charge is 0.337 e. The van der Waals surface area contributed by atoms with Crippen LogP contribution in [0.15, 0.2) is 60.7 Å². The number of carbonyl (C=O) groups is 2. The molecule has 0 fully saturated rings. The zero-order chi connectivity index (χ0) is 24.9. The van der Waals surface area contributed by atoms with Gasteiger partial charge in [0, 0.05) is 17.1 Å². The standard InChI is InChI=1S/C27H26ClNO6/c1-32-24-14-18-11-12-29(26(30)19-5-4-6-20(28)13-19)23(22(18)15-25(24)33-2)16-35-21-9-7-17(8-10-21)27(31)34-3/h4-10,13-15,23H,11-12,16H2,1-3H3/t23-/m0/s1. The highest BCUT2D eigenvalue weighted by atomic mass is 35.5. The predicted molar refractivity (Wildman–Crippen MR) is 132 cm³/mol. The lowest BCUT2D eigenvalue weighted by molar-refractivity contribution is 0.0583. The first-order valence-corrected chi connectivity index (χ1v) is 11.5. The van der Waals surface area contributed by atoms with E-state index in [2.05, 4.69) is 0 Å². The quantitative estimate of drug-likeness (QED) is 0.431. The normalized spacial score (nSPS) is 14.6. The zero-order valence-electron chi connectivity index (χ0n) is 19.7. The van der Waals surface area contributed by atoms with E-state index in [0.29, 0.717) is 46.4 Å². The van der Waals surface area contributed by atoms with Crippen LogP contribution in [0.25, 0.3) is 0 Å². The van der Waals surface area contributed by atoms with Crippen molar-refractivity contribution in [3.8, 4) is 17.2 Å². The Morgan fingerprint density at radius 2 is 1.66 bits per heavy atom. The molecule has 7 nitrogen and oxygen atoms in total. The van der Waals surface area contributed by atoms with Crippen molar-refractivity contribution in [1.29, 1.82) is 0 Å². The van der Waals surface area contributed by atoms with Gasteiger partial charge >= 0.3 is 5.97 Å². The molecule has 1 heterocycles. The summed E-state index contributed by atoms with van der Waals surface area (Å²) in [4.78, 5) is 27.0. The van der Waals surface area contributed by atoms with Crippen molar-refractivity contribution in [2.75, 3.05) is 34.5 Å². The van der Waals surface area contributed by atoms with E-state index in [9.17, 15) is 9.59 Å². The van der Waals surface area contributed by atoms with Crippen LogP contribution >= 0.6 is 11.6 Å². The summed E-state index contributed by atoms with van der Waals surface area (Å²) in [5, 5.41) is 0.498. The minimum absolute atomic E-state index is 0.137. The van der Waals surface area contributed by atoms with Crippen molar-refractivity contribution in [1.82, 2.24) is 4.90 Å². The van der Waals surface area contributed by atoms with Crippen molar-refractivity contribution in [3.05, 3.63) is 87.9 Å². The first-order chi connectivity index (χ1) is 16.9. The first-order valence-electron chi connectivity index (χ1n) is 11.1. The second-order valence-electron chi connectivity index (χ2n) is 8.01. The summed E-state index contributed by atoms with van der Waals surface area (Å²) in [6, 6.07) is 17.1. The van der Waals surface area contributed by atoms with Crippen molar-refractivity contribution in [3.63, 3.8) is 0 Å². The van der Waals surface area contributed by atoms with Crippen molar-refractivity contribution < 1.29 is 28.5 Å². The maximum Gasteiger partial charge on any atom is 0.337 e. The van der Waals surface area contributed by atoms with Crippen LogP contribution in [-0.4, -0.2) is 51.3 Å². The maximum absolute atomic E-state index is 13.5. The van der Waals surface area contributed by atoms with Crippen LogP contribution in [0.1, 0.15) is 37.9 Å². The monoisotopic (exact) mass is 495 g/mol. The summed E-state index contributed by atoms with van der Waals surface area (Å²) in [6.07, 6.45) is 0.659. The van der Waals surface area contributed by atoms with Crippen LogP contribution in [-0.2, 0) is 11.2 Å². The molecule has 0 bridgehead atoms. The van der Waals surface area contributed by atoms with E-state index in [1.54, 1.807) is 67.7 Å². The third-order valence-electron chi connectivity index (χ3n) is 6.02. The zero-order valence-corrected chi connectivity index (χ0v) is 20.5. The molecule has 0 unspecified atom stereocenters. The molecule has 1 aliphatic heterocycles. The molecular weight excluding hydrogens is 470 g/mol. The van der Waals surface area contributed by atoms with E-state index in [0.717, 1.165) is 11.1 Å². The molecule has 1 aliphatic rings. The largest absolute Gasteiger partial charge is 0.493 e. The molecule has 0 aliphatic carbocycles. The van der Waals surface area contributed by atoms with Gasteiger partial charge < -0.3 is 23.8 Å². The SMILES string of the molecule is COC(=O)c1ccc(OC[C@H]2c3cc(OC)c(OC)cc3CCN2C(=O)c2cccc(Cl)c2)cc1. The maximum atomic E-state index is 13.5. The van der Waals surface area contributed by atoms with Gasteiger partial charge in [0.05, 0.1) is 32.9 Å². The molecule has 4 rings (SSSR count). The number of ether oxygens (including phenoxy) is 4. The lowest BCUT2D eigenvalue weighted by Gasteiger charge is -2.37. The van der Waals surface area contributed by atoms with Gasteiger partial charge in [0.1, 0.15) is 12.4 Å². The van der Waals surface area contributed by atoms with Crippen molar-refractivity contribution in [2.45, 2.75) is 12.5 Å². The molecule has 1 atom stereocenters. The fourth-order valence-electron chi connectivity index (χ4n) is 4.22. The molecule has 0 spiro atoms. The highest BCUT2D eigenvalue weighted by Gasteiger charge is 2.33. The molecule has 182 valence electrons. The minimum atomic E-state index is -0.419. The molecular formula is C27H26ClNO6. The van der Waals surface area contributed by atoms with Crippen LogP contribution < -0.4 is 14.2 Å². The van der Waals surface area contributed by atoms with Gasteiger partial charge in [0.25, 0.3) is 5.91 Å². The highest BCUT2D eigenvalue weighted by molar-refractivity contribution is 6.30. The van der Waals surface area contributed by atoms with E-state index in [-0.39, 0.29) is 18.6 Å². The number of carbonyl (C=O) groups excluding carboxylic acids is 2. The summed E-state index contributed by atoms with van der Waals surface area (Å²) in [5.41, 5.74) is 2.93. The van der Waals surface area contributed by atoms with Gasteiger partial charge in [-0.15, -0.1) is 0 Å². The number of amides is 1. The Kier molecular flexibility index (Phi) is 7.46. The minimum Gasteiger partial charge on any atom is -0.493 e. The summed E-state index contributed by atoms with van der Waals surface area (Å²) in [7, 11) is 4.51. The van der Waals surface area contributed by atoms with Gasteiger partial charge in [-0.25, -0.2) is 4.79 Å². The number of nitrogens with zero attached hydrogens (tertiary/aromatic N) is 1. The number of hydrogen-bond donors (Lipinski definition) is 0. The fourth-order valence-corrected chi connectivity index (χ4v) is 4.41. The number of methoxy groups -OCH3 is 3. The van der Waals surface area contributed by atoms with Gasteiger partial charge in [-0.05, 0) is 72.1 Å². The Morgan fingerprint density at radius 1 is 0.943 bits per heavy atom. The Morgan fingerprint density at radius 3 is 2.31 bits per heavy atom. The van der Waals surface area contributed by atoms with Gasteiger partial charge in [-0.2, -0.15) is 0 Å². The predicted octanol–water partition coefficient (Wildman–Crippen LogP) is 4.96. The third kappa shape index (κ3) is 5.20. The number of halogens is 1. The lowest BCUT2D eigenvalue weighted by atomic mass is 9.91. The van der Waals surface area contributed by atoms with Crippen molar-refractivity contribution in [2.24, 2.45) is 0 Å². The molecule has 3 aromatic rings. The molecule has 8 heteroatoms. The molecule has 0 aromatic heterocycles. The molecule has 0 N–H and O–H groups in total. The van der Waals surface area contributed by atoms with Gasteiger partial charge in [-0.3, -0.25) is 4.79 Å². The summed E-state index contributed by atoms with van der Waals surface area (Å²) < 4.78 is 21.8. The number of benzene rings is 3. The number of hydrogen-bond acceptors (Lipinski definition) is 6. The lowest BCUT2D eigenvalue weighted by Crippen LogP contribution is -2.42. The Balaban J connectivity index is 1.66. The Labute approximate surface area is 209 Å². The Bertz CT molecular complexity index is 1230. The van der Waals surface area contributed by atoms with Crippen LogP contribution in [0, 0.1) is 0 Å². The van der Waals surface area contributed by atoms with Gasteiger partial charge in [0.2, 0.25) is 0 Å². The second-order valence-corrected chi connectivity index (χ2v) is 8.44. The molecule has 1 amide bonds. The van der Waals surface area contributed by atoms with Crippen LogP contribution in [0.2, 0.25) is 5.02 Å². The number of rotatable bonds is 7. The fraction of sp³-hybridized carbons (Fsp3) is 0.259. The van der Waals surface area contributed by atoms with Crippen LogP contribution in [0.5, 0.6) is 17.2 Å². The molecule has 0 radical (unpaired) electrons. The van der Waals surface area contributed by atoms with E-state index >= 15 is 0 Å². The summed E-state index contributed by atoms with van der Waals surface area (Å²) >= 11 is 6.15. The molecule has 35 heavy (non-hydrogen) atoms. The Hall–Kier alpha value is -3.71. The van der Waals surface area contributed by atoms with E-state index in [4.69, 9.17) is 30.5 Å². The average molecular weight is 496 g/mol. The second kappa shape index (κ2) is 10.7. The molecule has 0 saturated heterocycles. The summed E-state index contributed by atoms with van der Waals surface area (Å²) in [6.45, 7) is 0.704. The third-order valence-corrected chi connectivity index (χ3v) is 6.25. The van der Waals surface area contributed by atoms with Gasteiger partial charge in [-0.1, -0.05) is 17.7 Å². The molecule has 3 aromatic carbocycles. The van der Waals surface area contributed by atoms with Gasteiger partial charge in [0.15, 0.2) is 11.5 Å². The topological polar surface area (TPSA) is 74.3 Å². The van der Waals surface area contributed by atoms with E-state index < -0.39 is 5.97 Å². The molecule has 0 saturated carbocycles.